The summed E-state index contributed by atoms with van der Waals surface area (Å²) in [6, 6.07) is 22.9. The Kier molecular flexibility index (Phi) is 4.89. The van der Waals surface area contributed by atoms with Crippen LogP contribution in [0.25, 0.3) is 11.3 Å². The molecule has 5 nitrogen and oxygen atoms in total. The van der Waals surface area contributed by atoms with Gasteiger partial charge in [0.25, 0.3) is 5.91 Å². The Morgan fingerprint density at radius 3 is 2.30 bits per heavy atom. The van der Waals surface area contributed by atoms with Crippen molar-refractivity contribution < 1.29 is 4.79 Å². The second kappa shape index (κ2) is 7.80. The molecule has 0 atom stereocenters. The summed E-state index contributed by atoms with van der Waals surface area (Å²) < 4.78 is 1.73. The number of hydrogen-bond acceptors (Lipinski definition) is 4. The summed E-state index contributed by atoms with van der Waals surface area (Å²) in [5.74, 6) is -0.220. The Morgan fingerprint density at radius 1 is 0.926 bits per heavy atom. The first-order chi connectivity index (χ1) is 13.3. The molecule has 0 saturated carbocycles. The van der Waals surface area contributed by atoms with E-state index in [0.29, 0.717) is 10.4 Å². The quantitative estimate of drug-likeness (QED) is 0.583. The van der Waals surface area contributed by atoms with E-state index < -0.39 is 0 Å². The smallest absolute Gasteiger partial charge is 0.267 e. The lowest BCUT2D eigenvalue weighted by atomic mass is 10.2. The average Bonchev–Trinajstić information content (AvgIpc) is 3.12. The molecule has 0 aliphatic rings. The van der Waals surface area contributed by atoms with Crippen molar-refractivity contribution in [2.75, 3.05) is 5.43 Å². The maximum absolute atomic E-state index is 12.7. The number of pyridine rings is 1. The molecule has 0 aliphatic carbocycles. The van der Waals surface area contributed by atoms with Gasteiger partial charge >= 0.3 is 0 Å². The molecule has 1 N–H and O–H groups in total. The largest absolute Gasteiger partial charge is 0.270 e. The molecule has 0 bridgehead atoms. The molecule has 4 rings (SSSR count). The van der Waals surface area contributed by atoms with E-state index in [9.17, 15) is 4.79 Å². The van der Waals surface area contributed by atoms with Crippen LogP contribution in [-0.4, -0.2) is 15.6 Å². The zero-order chi connectivity index (χ0) is 18.5. The highest BCUT2D eigenvalue weighted by Gasteiger charge is 2.12. The number of thiazole rings is 1. The van der Waals surface area contributed by atoms with Gasteiger partial charge in [-0.3, -0.25) is 15.2 Å². The Balaban J connectivity index is 1.80. The van der Waals surface area contributed by atoms with Gasteiger partial charge < -0.3 is 0 Å². The van der Waals surface area contributed by atoms with Gasteiger partial charge in [-0.05, 0) is 24.3 Å². The molecule has 1 amide bonds. The molecule has 6 heteroatoms. The topological polar surface area (TPSA) is 59.3 Å². The van der Waals surface area contributed by atoms with E-state index >= 15 is 0 Å². The number of aromatic nitrogens is 2. The van der Waals surface area contributed by atoms with Gasteiger partial charge in [0.2, 0.25) is 4.80 Å². The van der Waals surface area contributed by atoms with Gasteiger partial charge in [0, 0.05) is 28.9 Å². The zero-order valence-electron chi connectivity index (χ0n) is 14.3. The van der Waals surface area contributed by atoms with Gasteiger partial charge in [-0.15, -0.1) is 11.3 Å². The number of hydrogen-bond donors (Lipinski definition) is 1. The molecular formula is C21H16N4OS. The van der Waals surface area contributed by atoms with Crippen LogP contribution in [0.1, 0.15) is 10.4 Å². The lowest BCUT2D eigenvalue weighted by Gasteiger charge is -2.11. The second-order valence-corrected chi connectivity index (χ2v) is 6.57. The van der Waals surface area contributed by atoms with E-state index in [4.69, 9.17) is 0 Å². The highest BCUT2D eigenvalue weighted by atomic mass is 32.1. The molecule has 0 saturated heterocycles. The second-order valence-electron chi connectivity index (χ2n) is 5.73. The summed E-state index contributed by atoms with van der Waals surface area (Å²) in [5.41, 5.74) is 6.19. The van der Waals surface area contributed by atoms with Gasteiger partial charge in [-0.1, -0.05) is 48.5 Å². The number of carbonyl (C=O) groups excluding carboxylic acids is 1. The molecule has 0 radical (unpaired) electrons. The van der Waals surface area contributed by atoms with Crippen molar-refractivity contribution in [2.24, 2.45) is 4.99 Å². The number of para-hydroxylation sites is 1. The first kappa shape index (κ1) is 16.9. The third kappa shape index (κ3) is 3.86. The molecule has 0 aliphatic heterocycles. The Morgan fingerprint density at radius 2 is 1.59 bits per heavy atom. The summed E-state index contributed by atoms with van der Waals surface area (Å²) in [6.45, 7) is 0. The van der Waals surface area contributed by atoms with Crippen molar-refractivity contribution in [1.82, 2.24) is 9.66 Å². The molecular weight excluding hydrogens is 356 g/mol. The minimum Gasteiger partial charge on any atom is -0.267 e. The Labute approximate surface area is 160 Å². The minimum atomic E-state index is -0.220. The van der Waals surface area contributed by atoms with E-state index in [-0.39, 0.29) is 5.91 Å². The molecule has 2 aromatic heterocycles. The fraction of sp³-hybridized carbons (Fsp3) is 0. The monoisotopic (exact) mass is 372 g/mol. The molecule has 0 unspecified atom stereocenters. The highest BCUT2D eigenvalue weighted by Crippen LogP contribution is 2.20. The highest BCUT2D eigenvalue weighted by molar-refractivity contribution is 7.07. The predicted octanol–water partition coefficient (Wildman–Crippen LogP) is 4.23. The lowest BCUT2D eigenvalue weighted by molar-refractivity contribution is 0.101. The predicted molar refractivity (Wildman–Crippen MR) is 107 cm³/mol. The summed E-state index contributed by atoms with van der Waals surface area (Å²) in [6.07, 6.45) is 3.20. The lowest BCUT2D eigenvalue weighted by Crippen LogP contribution is -2.31. The van der Waals surface area contributed by atoms with Crippen LogP contribution < -0.4 is 10.2 Å². The fourth-order valence-electron chi connectivity index (χ4n) is 2.59. The molecule has 2 aromatic carbocycles. The summed E-state index contributed by atoms with van der Waals surface area (Å²) >= 11 is 1.47. The Hall–Kier alpha value is -3.51. The van der Waals surface area contributed by atoms with Crippen LogP contribution >= 0.6 is 11.3 Å². The van der Waals surface area contributed by atoms with Crippen molar-refractivity contribution in [3.8, 4) is 11.3 Å². The van der Waals surface area contributed by atoms with E-state index in [1.807, 2.05) is 66.0 Å². The molecule has 0 fully saturated rings. The standard InChI is InChI=1S/C21H16N4OS/c26-20(17-11-13-22-14-12-17)24-25-19(16-7-3-1-4-8-16)15-27-21(25)23-18-9-5-2-6-10-18/h1-15H,(H,24,26). The maximum Gasteiger partial charge on any atom is 0.270 e. The van der Waals surface area contributed by atoms with Crippen molar-refractivity contribution in [3.05, 3.63) is 101 Å². The van der Waals surface area contributed by atoms with Crippen LogP contribution in [-0.2, 0) is 0 Å². The van der Waals surface area contributed by atoms with Crippen molar-refractivity contribution >= 4 is 22.9 Å². The van der Waals surface area contributed by atoms with E-state index in [2.05, 4.69) is 15.4 Å². The van der Waals surface area contributed by atoms with Crippen molar-refractivity contribution in [1.29, 1.82) is 0 Å². The van der Waals surface area contributed by atoms with Crippen LogP contribution in [0.15, 0.2) is 95.6 Å². The maximum atomic E-state index is 12.7. The van der Waals surface area contributed by atoms with Gasteiger partial charge in [-0.2, -0.15) is 0 Å². The van der Waals surface area contributed by atoms with E-state index in [1.165, 1.54) is 11.3 Å². The average molecular weight is 372 g/mol. The minimum absolute atomic E-state index is 0.220. The molecule has 27 heavy (non-hydrogen) atoms. The normalized spacial score (nSPS) is 11.3. The summed E-state index contributed by atoms with van der Waals surface area (Å²) in [7, 11) is 0. The van der Waals surface area contributed by atoms with Crippen LogP contribution in [0.4, 0.5) is 5.69 Å². The van der Waals surface area contributed by atoms with Gasteiger partial charge in [0.1, 0.15) is 0 Å². The number of carbonyl (C=O) groups is 1. The van der Waals surface area contributed by atoms with Crippen LogP contribution in [0.3, 0.4) is 0 Å². The first-order valence-corrected chi connectivity index (χ1v) is 9.26. The van der Waals surface area contributed by atoms with Crippen LogP contribution in [0.2, 0.25) is 0 Å². The first-order valence-electron chi connectivity index (χ1n) is 8.38. The summed E-state index contributed by atoms with van der Waals surface area (Å²) in [5, 5.41) is 1.99. The van der Waals surface area contributed by atoms with Gasteiger partial charge in [0.15, 0.2) is 0 Å². The van der Waals surface area contributed by atoms with Crippen LogP contribution in [0, 0.1) is 0 Å². The van der Waals surface area contributed by atoms with Crippen LogP contribution in [0.5, 0.6) is 0 Å². The molecule has 2 heterocycles. The third-order valence-electron chi connectivity index (χ3n) is 3.91. The van der Waals surface area contributed by atoms with Crippen molar-refractivity contribution in [3.63, 3.8) is 0 Å². The molecule has 132 valence electrons. The van der Waals surface area contributed by atoms with E-state index in [1.54, 1.807) is 29.2 Å². The van der Waals surface area contributed by atoms with E-state index in [0.717, 1.165) is 16.9 Å². The summed E-state index contributed by atoms with van der Waals surface area (Å²) in [4.78, 5) is 22.0. The number of amides is 1. The molecule has 0 spiro atoms. The fourth-order valence-corrected chi connectivity index (χ4v) is 3.46. The number of nitrogens with zero attached hydrogens (tertiary/aromatic N) is 3. The number of benzene rings is 2. The van der Waals surface area contributed by atoms with Gasteiger partial charge in [-0.25, -0.2) is 9.67 Å². The zero-order valence-corrected chi connectivity index (χ0v) is 15.1. The SMILES string of the molecule is O=C(Nn1c(-c2ccccc2)csc1=Nc1ccccc1)c1ccncc1. The van der Waals surface area contributed by atoms with Crippen molar-refractivity contribution in [2.45, 2.75) is 0 Å². The number of nitrogens with one attached hydrogen (secondary N) is 1. The molecule has 4 aromatic rings. The Bertz CT molecular complexity index is 1100. The van der Waals surface area contributed by atoms with Gasteiger partial charge in [0.05, 0.1) is 11.4 Å². The third-order valence-corrected chi connectivity index (χ3v) is 4.74. The number of rotatable bonds is 4.